The van der Waals surface area contributed by atoms with Crippen LogP contribution in [-0.4, -0.2) is 119 Å². The first-order chi connectivity index (χ1) is 18.3. The number of aliphatic hydroxyl groups excluding tert-OH is 1. The Morgan fingerprint density at radius 1 is 1.32 bits per heavy atom. The maximum absolute atomic E-state index is 14.5. The van der Waals surface area contributed by atoms with Crippen molar-refractivity contribution in [2.75, 3.05) is 59.2 Å². The third-order valence-electron chi connectivity index (χ3n) is 8.88. The molecule has 4 aliphatic heterocycles. The summed E-state index contributed by atoms with van der Waals surface area (Å²) in [7, 11) is 0. The van der Waals surface area contributed by atoms with E-state index in [9.17, 15) is 19.5 Å². The zero-order valence-electron chi connectivity index (χ0n) is 22.8. The van der Waals surface area contributed by atoms with E-state index < -0.39 is 34.6 Å². The molecule has 7 atom stereocenters. The molecule has 4 aliphatic rings. The quantitative estimate of drug-likeness (QED) is 0.273. The van der Waals surface area contributed by atoms with E-state index in [1.807, 2.05) is 13.8 Å². The summed E-state index contributed by atoms with van der Waals surface area (Å²) in [5, 5.41) is 10.4. The van der Waals surface area contributed by atoms with Gasteiger partial charge in [-0.05, 0) is 18.8 Å². The largest absolute Gasteiger partial charge is 0.461 e. The van der Waals surface area contributed by atoms with Crippen molar-refractivity contribution in [3.63, 3.8) is 0 Å². The first-order valence-electron chi connectivity index (χ1n) is 13.9. The van der Waals surface area contributed by atoms with Crippen LogP contribution in [0.15, 0.2) is 25.3 Å². The van der Waals surface area contributed by atoms with Crippen molar-refractivity contribution < 1.29 is 29.0 Å². The van der Waals surface area contributed by atoms with Gasteiger partial charge in [0.25, 0.3) is 0 Å². The van der Waals surface area contributed by atoms with Gasteiger partial charge in [-0.25, -0.2) is 0 Å². The third kappa shape index (κ3) is 5.17. The lowest BCUT2D eigenvalue weighted by Gasteiger charge is -2.41. The number of amides is 2. The number of carbonyl (C=O) groups is 3. The molecule has 4 heterocycles. The fourth-order valence-electron chi connectivity index (χ4n) is 6.75. The highest BCUT2D eigenvalue weighted by atomic mass is 32.2. The van der Waals surface area contributed by atoms with Crippen molar-refractivity contribution in [3.05, 3.63) is 25.3 Å². The molecule has 0 aromatic heterocycles. The maximum Gasteiger partial charge on any atom is 0.311 e. The van der Waals surface area contributed by atoms with Crippen molar-refractivity contribution in [2.45, 2.75) is 55.2 Å². The van der Waals surface area contributed by atoms with Crippen molar-refractivity contribution >= 4 is 29.5 Å². The fraction of sp³-hybridized carbons (Fsp3) is 0.750. The second-order valence-corrected chi connectivity index (χ2v) is 12.5. The number of carbonyl (C=O) groups excluding carboxylic acids is 3. The van der Waals surface area contributed by atoms with Crippen molar-refractivity contribution in [2.24, 2.45) is 17.8 Å². The van der Waals surface area contributed by atoms with E-state index in [-0.39, 0.29) is 36.2 Å². The molecule has 2 unspecified atom stereocenters. The van der Waals surface area contributed by atoms with Crippen molar-refractivity contribution in [3.8, 4) is 0 Å². The third-order valence-corrected chi connectivity index (χ3v) is 10.8. The number of aliphatic hydroxyl groups is 1. The molecule has 0 aromatic rings. The van der Waals surface area contributed by atoms with Gasteiger partial charge in [0.05, 0.1) is 42.4 Å². The number of hydrogen-bond acceptors (Lipinski definition) is 8. The van der Waals surface area contributed by atoms with E-state index in [2.05, 4.69) is 18.1 Å². The van der Waals surface area contributed by atoms with Crippen molar-refractivity contribution in [1.82, 2.24) is 14.7 Å². The second kappa shape index (κ2) is 12.5. The Bertz CT molecular complexity index is 911. The number of nitrogens with zero attached hydrogens (tertiary/aromatic N) is 3. The lowest BCUT2D eigenvalue weighted by Crippen LogP contribution is -2.59. The Morgan fingerprint density at radius 2 is 2.05 bits per heavy atom. The summed E-state index contributed by atoms with van der Waals surface area (Å²) in [6, 6.07) is -1.25. The highest BCUT2D eigenvalue weighted by Gasteiger charge is 2.75. The maximum atomic E-state index is 14.5. The standard InChI is InChI=1S/C28H43N3O6S/c1-5-10-30(12-11-29-13-16-36-17-14-29)26(34)24-28-9-8-21(38-28)22(27(35)37-15-6-2)23(28)25(33)31(24)20(18-32)19(4)7-3/h5-6,19-24,32H,1-2,7-18H2,3-4H3/t19-,20-,21+,22-,23-,24?,28?/m0/s1. The summed E-state index contributed by atoms with van der Waals surface area (Å²) in [6.07, 6.45) is 5.43. The summed E-state index contributed by atoms with van der Waals surface area (Å²) in [6.45, 7) is 16.0. The van der Waals surface area contributed by atoms with Crippen LogP contribution in [0.5, 0.6) is 0 Å². The molecule has 10 heteroatoms. The van der Waals surface area contributed by atoms with Gasteiger partial charge in [-0.3, -0.25) is 19.3 Å². The first-order valence-corrected chi connectivity index (χ1v) is 14.8. The molecule has 0 aromatic carbocycles. The number of hydrogen-bond donors (Lipinski definition) is 1. The van der Waals surface area contributed by atoms with Gasteiger partial charge in [0.1, 0.15) is 12.6 Å². The smallest absolute Gasteiger partial charge is 0.311 e. The Hall–Kier alpha value is -1.88. The number of fused-ring (bicyclic) bond motifs is 1. The molecule has 4 saturated heterocycles. The molecule has 1 spiro atoms. The molecule has 9 nitrogen and oxygen atoms in total. The summed E-state index contributed by atoms with van der Waals surface area (Å²) < 4.78 is 10.2. The Balaban J connectivity index is 1.68. The van der Waals surface area contributed by atoms with Gasteiger partial charge in [-0.1, -0.05) is 39.0 Å². The topological polar surface area (TPSA) is 99.6 Å². The molecule has 38 heavy (non-hydrogen) atoms. The number of ether oxygens (including phenoxy) is 2. The molecule has 2 amide bonds. The number of rotatable bonds is 13. The van der Waals surface area contributed by atoms with Gasteiger partial charge in [-0.2, -0.15) is 0 Å². The van der Waals surface area contributed by atoms with Crippen LogP contribution in [0.2, 0.25) is 0 Å². The van der Waals surface area contributed by atoms with Crippen LogP contribution in [0.4, 0.5) is 0 Å². The average Bonchev–Trinajstić information content (AvgIpc) is 3.58. The second-order valence-electron chi connectivity index (χ2n) is 10.9. The zero-order chi connectivity index (χ0) is 27.4. The van der Waals surface area contributed by atoms with E-state index in [4.69, 9.17) is 9.47 Å². The minimum Gasteiger partial charge on any atom is -0.461 e. The molecule has 212 valence electrons. The minimum atomic E-state index is -0.747. The Labute approximate surface area is 230 Å². The average molecular weight is 550 g/mol. The lowest BCUT2D eigenvalue weighted by molar-refractivity contribution is -0.154. The normalized spacial score (nSPS) is 32.1. The van der Waals surface area contributed by atoms with E-state index in [0.717, 1.165) is 25.9 Å². The summed E-state index contributed by atoms with van der Waals surface area (Å²) in [4.78, 5) is 47.6. The van der Waals surface area contributed by atoms with Crippen molar-refractivity contribution in [1.29, 1.82) is 0 Å². The number of likely N-dealkylation sites (tertiary alicyclic amines) is 1. The highest BCUT2D eigenvalue weighted by molar-refractivity contribution is 8.02. The summed E-state index contributed by atoms with van der Waals surface area (Å²) >= 11 is 1.62. The fourth-order valence-corrected chi connectivity index (χ4v) is 8.94. The monoisotopic (exact) mass is 549 g/mol. The summed E-state index contributed by atoms with van der Waals surface area (Å²) in [5.74, 6) is -1.97. The first kappa shape index (κ1) is 29.1. The predicted octanol–water partition coefficient (Wildman–Crippen LogP) is 1.56. The Kier molecular flexibility index (Phi) is 9.60. The van der Waals surface area contributed by atoms with Crippen LogP contribution in [0, 0.1) is 17.8 Å². The van der Waals surface area contributed by atoms with Gasteiger partial charge in [0.2, 0.25) is 11.8 Å². The molecule has 0 radical (unpaired) electrons. The van der Waals surface area contributed by atoms with Crippen LogP contribution in [0.25, 0.3) is 0 Å². The minimum absolute atomic E-state index is 0.0101. The van der Waals surface area contributed by atoms with Crippen LogP contribution in [0.1, 0.15) is 33.1 Å². The molecule has 4 rings (SSSR count). The SMILES string of the molecule is C=CCOC(=O)[C@@H]1[C@H]2C(=O)N([C@@H](CO)[C@@H](C)CC)C(C(=O)N(CC=C)CCN3CCOCC3)C23CC[C@H]1S3. The number of thioether (sulfide) groups is 1. The molecule has 1 N–H and O–H groups in total. The van der Waals surface area contributed by atoms with Crippen LogP contribution < -0.4 is 0 Å². The van der Waals surface area contributed by atoms with Gasteiger partial charge in [0, 0.05) is 38.0 Å². The van der Waals surface area contributed by atoms with Gasteiger partial charge < -0.3 is 24.4 Å². The van der Waals surface area contributed by atoms with E-state index in [1.165, 1.54) is 6.08 Å². The van der Waals surface area contributed by atoms with E-state index in [1.54, 1.807) is 27.6 Å². The molecular formula is C28H43N3O6S. The van der Waals surface area contributed by atoms with Crippen LogP contribution in [-0.2, 0) is 23.9 Å². The molecular weight excluding hydrogens is 506 g/mol. The highest BCUT2D eigenvalue weighted by Crippen LogP contribution is 2.67. The zero-order valence-corrected chi connectivity index (χ0v) is 23.6. The molecule has 0 saturated carbocycles. The number of morpholine rings is 1. The van der Waals surface area contributed by atoms with E-state index >= 15 is 0 Å². The number of esters is 1. The predicted molar refractivity (Wildman–Crippen MR) is 146 cm³/mol. The Morgan fingerprint density at radius 3 is 2.68 bits per heavy atom. The van der Waals surface area contributed by atoms with Crippen LogP contribution >= 0.6 is 11.8 Å². The van der Waals surface area contributed by atoms with E-state index in [0.29, 0.717) is 39.3 Å². The molecule has 0 aliphatic carbocycles. The van der Waals surface area contributed by atoms with Crippen LogP contribution in [0.3, 0.4) is 0 Å². The lowest BCUT2D eigenvalue weighted by atomic mass is 9.71. The molecule has 4 fully saturated rings. The summed E-state index contributed by atoms with van der Waals surface area (Å²) in [5.41, 5.74) is 0. The van der Waals surface area contributed by atoms with Gasteiger partial charge >= 0.3 is 5.97 Å². The van der Waals surface area contributed by atoms with Gasteiger partial charge in [-0.15, -0.1) is 18.3 Å². The molecule has 2 bridgehead atoms. The van der Waals surface area contributed by atoms with Gasteiger partial charge in [0.15, 0.2) is 0 Å².